The maximum Gasteiger partial charge on any atom is 0.324 e. The first-order chi connectivity index (χ1) is 15.1. The number of aromatic nitrogens is 3. The average molecular weight is 419 g/mol. The topological polar surface area (TPSA) is 101 Å². The molecule has 8 nitrogen and oxygen atoms in total. The van der Waals surface area contributed by atoms with Crippen molar-refractivity contribution >= 4 is 17.5 Å². The van der Waals surface area contributed by atoms with Crippen LogP contribution in [0, 0.1) is 13.8 Å². The zero-order chi connectivity index (χ0) is 21.6. The van der Waals surface area contributed by atoms with Crippen molar-refractivity contribution in [3.63, 3.8) is 0 Å². The number of anilines is 2. The molecule has 1 aliphatic heterocycles. The summed E-state index contributed by atoms with van der Waals surface area (Å²) in [5, 5.41) is 8.87. The lowest BCUT2D eigenvalue weighted by Gasteiger charge is -2.14. The fourth-order valence-electron chi connectivity index (χ4n) is 3.45. The van der Waals surface area contributed by atoms with Crippen LogP contribution in [0.2, 0.25) is 0 Å². The van der Waals surface area contributed by atoms with Crippen molar-refractivity contribution in [3.8, 4) is 17.0 Å². The number of nitrogens with zero attached hydrogens (tertiary/aromatic N) is 3. The third kappa shape index (κ3) is 5.55. The third-order valence-electron chi connectivity index (χ3n) is 5.12. The number of benzene rings is 1. The van der Waals surface area contributed by atoms with E-state index in [4.69, 9.17) is 4.74 Å². The van der Waals surface area contributed by atoms with E-state index in [1.807, 2.05) is 38.1 Å². The number of hydrogen-bond donors (Lipinski definition) is 3. The quantitative estimate of drug-likeness (QED) is 0.561. The summed E-state index contributed by atoms with van der Waals surface area (Å²) < 4.78 is 5.98. The Hall–Kier alpha value is -3.52. The maximum atomic E-state index is 12.3. The second-order valence-corrected chi connectivity index (χ2v) is 7.64. The van der Waals surface area contributed by atoms with Crippen LogP contribution < -0.4 is 20.7 Å². The van der Waals surface area contributed by atoms with Crippen LogP contribution in [-0.4, -0.2) is 40.2 Å². The molecule has 0 bridgehead atoms. The van der Waals surface area contributed by atoms with Gasteiger partial charge in [-0.15, -0.1) is 0 Å². The molecule has 0 aliphatic carbocycles. The molecule has 8 heteroatoms. The number of aryl methyl sites for hydroxylation is 2. The summed E-state index contributed by atoms with van der Waals surface area (Å²) in [4.78, 5) is 25.1. The predicted octanol–water partition coefficient (Wildman–Crippen LogP) is 3.93. The number of pyridine rings is 1. The van der Waals surface area contributed by atoms with Gasteiger partial charge in [0.15, 0.2) is 5.82 Å². The fourth-order valence-corrected chi connectivity index (χ4v) is 3.45. The van der Waals surface area contributed by atoms with E-state index in [0.29, 0.717) is 29.8 Å². The van der Waals surface area contributed by atoms with E-state index in [1.165, 1.54) is 12.6 Å². The van der Waals surface area contributed by atoms with Crippen molar-refractivity contribution in [2.45, 2.75) is 32.7 Å². The first kappa shape index (κ1) is 20.7. The van der Waals surface area contributed by atoms with Crippen molar-refractivity contribution in [1.82, 2.24) is 20.3 Å². The van der Waals surface area contributed by atoms with E-state index in [-0.39, 0.29) is 0 Å². The number of ether oxygens (including phenoxy) is 1. The molecule has 2 aromatic heterocycles. The van der Waals surface area contributed by atoms with E-state index in [9.17, 15) is 4.79 Å². The third-order valence-corrected chi connectivity index (χ3v) is 5.12. The lowest BCUT2D eigenvalue weighted by atomic mass is 10.1. The van der Waals surface area contributed by atoms with Crippen molar-refractivity contribution in [3.05, 3.63) is 60.2 Å². The predicted molar refractivity (Wildman–Crippen MR) is 120 cm³/mol. The van der Waals surface area contributed by atoms with Gasteiger partial charge in [0.25, 0.3) is 0 Å². The molecule has 1 saturated heterocycles. The highest BCUT2D eigenvalue weighted by atomic mass is 16.5. The summed E-state index contributed by atoms with van der Waals surface area (Å²) in [6, 6.07) is 9.57. The molecule has 1 aromatic carbocycles. The van der Waals surface area contributed by atoms with Crippen LogP contribution in [0.5, 0.6) is 5.75 Å². The lowest BCUT2D eigenvalue weighted by Crippen LogP contribution is -2.28. The highest BCUT2D eigenvalue weighted by Gasteiger charge is 2.15. The van der Waals surface area contributed by atoms with Gasteiger partial charge < -0.3 is 15.4 Å². The normalized spacial score (nSPS) is 15.5. The Bertz CT molecular complexity index is 1050. The first-order valence-corrected chi connectivity index (χ1v) is 10.4. The average Bonchev–Trinajstić information content (AvgIpc) is 3.28. The summed E-state index contributed by atoms with van der Waals surface area (Å²) in [5.41, 5.74) is 4.09. The Morgan fingerprint density at radius 1 is 1.16 bits per heavy atom. The minimum Gasteiger partial charge on any atom is -0.492 e. The minimum atomic E-state index is -0.405. The van der Waals surface area contributed by atoms with E-state index in [2.05, 4.69) is 30.9 Å². The van der Waals surface area contributed by atoms with Crippen LogP contribution in [0.25, 0.3) is 11.3 Å². The molecule has 1 fully saturated rings. The van der Waals surface area contributed by atoms with Crippen molar-refractivity contribution in [2.75, 3.05) is 23.8 Å². The minimum absolute atomic E-state index is 0.361. The summed E-state index contributed by atoms with van der Waals surface area (Å²) >= 11 is 0. The van der Waals surface area contributed by atoms with Gasteiger partial charge in [0.2, 0.25) is 0 Å². The van der Waals surface area contributed by atoms with Gasteiger partial charge in [-0.3, -0.25) is 15.3 Å². The second kappa shape index (κ2) is 9.53. The Kier molecular flexibility index (Phi) is 6.37. The zero-order valence-corrected chi connectivity index (χ0v) is 17.7. The summed E-state index contributed by atoms with van der Waals surface area (Å²) in [5.74, 6) is 1.23. The number of carbonyl (C=O) groups excluding carboxylic acids is 1. The van der Waals surface area contributed by atoms with Crippen molar-refractivity contribution < 1.29 is 9.53 Å². The van der Waals surface area contributed by atoms with E-state index in [1.54, 1.807) is 18.5 Å². The smallest absolute Gasteiger partial charge is 0.324 e. The van der Waals surface area contributed by atoms with Crippen LogP contribution in [0.4, 0.5) is 16.3 Å². The number of urea groups is 1. The van der Waals surface area contributed by atoms with Gasteiger partial charge in [-0.05, 0) is 69.1 Å². The molecule has 0 saturated carbocycles. The van der Waals surface area contributed by atoms with Gasteiger partial charge in [-0.2, -0.15) is 0 Å². The van der Waals surface area contributed by atoms with Gasteiger partial charge in [0.05, 0.1) is 30.0 Å². The molecule has 1 atom stereocenters. The van der Waals surface area contributed by atoms with Gasteiger partial charge in [0.1, 0.15) is 12.4 Å². The molecule has 2 amide bonds. The highest BCUT2D eigenvalue weighted by Crippen LogP contribution is 2.26. The molecule has 3 N–H and O–H groups in total. The van der Waals surface area contributed by atoms with Crippen LogP contribution in [0.15, 0.2) is 48.9 Å². The van der Waals surface area contributed by atoms with E-state index >= 15 is 0 Å². The Morgan fingerprint density at radius 3 is 2.81 bits per heavy atom. The molecule has 1 aliphatic rings. The fraction of sp³-hybridized carbons (Fsp3) is 0.304. The maximum absolute atomic E-state index is 12.3. The van der Waals surface area contributed by atoms with Gasteiger partial charge >= 0.3 is 6.03 Å². The monoisotopic (exact) mass is 418 g/mol. The van der Waals surface area contributed by atoms with Gasteiger partial charge in [0, 0.05) is 17.3 Å². The molecule has 1 unspecified atom stereocenters. The standard InChI is InChI=1S/C23H26N6O2/c1-15-10-17(6-8-21(15)31-14-19-4-3-9-25-19)20-12-24-13-22(28-20)29-23(30)27-18-7-5-16(2)26-11-18/h5-8,10-13,19,25H,3-4,9,14H2,1-2H3,(H2,27,28,29,30). The summed E-state index contributed by atoms with van der Waals surface area (Å²) in [6.07, 6.45) is 7.14. The Balaban J connectivity index is 1.40. The second-order valence-electron chi connectivity index (χ2n) is 7.64. The Labute approximate surface area is 181 Å². The van der Waals surface area contributed by atoms with Crippen LogP contribution in [0.1, 0.15) is 24.1 Å². The molecule has 160 valence electrons. The molecule has 3 heterocycles. The van der Waals surface area contributed by atoms with E-state index in [0.717, 1.165) is 35.5 Å². The van der Waals surface area contributed by atoms with Crippen LogP contribution in [-0.2, 0) is 0 Å². The number of rotatable bonds is 6. The number of carbonyl (C=O) groups is 1. The zero-order valence-electron chi connectivity index (χ0n) is 17.7. The van der Waals surface area contributed by atoms with Crippen LogP contribution in [0.3, 0.4) is 0 Å². The number of hydrogen-bond acceptors (Lipinski definition) is 6. The highest BCUT2D eigenvalue weighted by molar-refractivity contribution is 5.99. The molecule has 31 heavy (non-hydrogen) atoms. The largest absolute Gasteiger partial charge is 0.492 e. The molecule has 0 radical (unpaired) electrons. The van der Waals surface area contributed by atoms with Crippen molar-refractivity contribution in [1.29, 1.82) is 0 Å². The molecular weight excluding hydrogens is 392 g/mol. The summed E-state index contributed by atoms with van der Waals surface area (Å²) in [7, 11) is 0. The first-order valence-electron chi connectivity index (χ1n) is 10.4. The summed E-state index contributed by atoms with van der Waals surface area (Å²) in [6.45, 7) is 5.64. The molecular formula is C23H26N6O2. The molecule has 0 spiro atoms. The number of nitrogens with one attached hydrogen (secondary N) is 3. The Morgan fingerprint density at radius 2 is 2.06 bits per heavy atom. The molecule has 3 aromatic rings. The van der Waals surface area contributed by atoms with Gasteiger partial charge in [-0.25, -0.2) is 9.78 Å². The molecule has 4 rings (SSSR count). The van der Waals surface area contributed by atoms with E-state index < -0.39 is 6.03 Å². The SMILES string of the molecule is Cc1ccc(NC(=O)Nc2cncc(-c3ccc(OCC4CCCN4)c(C)c3)n2)cn1. The number of amides is 2. The van der Waals surface area contributed by atoms with Crippen molar-refractivity contribution in [2.24, 2.45) is 0 Å². The lowest BCUT2D eigenvalue weighted by molar-refractivity contribution is 0.262. The van der Waals surface area contributed by atoms with Gasteiger partial charge in [-0.1, -0.05) is 0 Å². The van der Waals surface area contributed by atoms with Crippen LogP contribution >= 0.6 is 0 Å².